The zero-order valence-corrected chi connectivity index (χ0v) is 28.3. The second-order valence-electron chi connectivity index (χ2n) is 16.0. The normalized spacial score (nSPS) is 52.6. The van der Waals surface area contributed by atoms with Gasteiger partial charge in [0.1, 0.15) is 0 Å². The number of aliphatic hydroxyl groups excluding tert-OH is 3. The van der Waals surface area contributed by atoms with E-state index in [4.69, 9.17) is 23.7 Å². The number of carboxylic acid groups (broad SMARTS) is 1. The van der Waals surface area contributed by atoms with Crippen LogP contribution in [0.3, 0.4) is 0 Å². The molecular weight excluding hydrogens is 584 g/mol. The van der Waals surface area contributed by atoms with Crippen LogP contribution in [0.15, 0.2) is 0 Å². The molecule has 45 heavy (non-hydrogen) atoms. The van der Waals surface area contributed by atoms with Crippen LogP contribution in [0.1, 0.15) is 100 Å². The standard InChI is InChI=1S/C34H58O11/c1-17-13-19(3)34(40,16-35)44-27(17)24-14-18(2)29(41-24)32(8)10-9-25(42-32)31(7)11-12-33(45-31)15-23(36)20(4)28(43-33)21(5)26(37)22(6)30(38)39/h17-29,35-37,40H,9-16H2,1-8H3,(H,38,39)/t17-,18-,19+,20+,21-,22-,23-,24?,25+,26+,27-,28-,29+,31-,32-,33+,34-/m0/s1. The van der Waals surface area contributed by atoms with E-state index in [9.17, 15) is 30.3 Å². The predicted molar refractivity (Wildman–Crippen MR) is 163 cm³/mol. The summed E-state index contributed by atoms with van der Waals surface area (Å²) in [6, 6.07) is 0. The monoisotopic (exact) mass is 642 g/mol. The first kappa shape index (κ1) is 35.4. The molecule has 11 nitrogen and oxygen atoms in total. The Labute approximate surface area is 267 Å². The van der Waals surface area contributed by atoms with Crippen LogP contribution in [0.2, 0.25) is 0 Å². The Hall–Kier alpha value is -0.890. The van der Waals surface area contributed by atoms with E-state index in [-0.39, 0.29) is 48.1 Å². The van der Waals surface area contributed by atoms with E-state index in [0.717, 1.165) is 25.7 Å². The third-order valence-electron chi connectivity index (χ3n) is 12.4. The van der Waals surface area contributed by atoms with Crippen molar-refractivity contribution in [2.24, 2.45) is 35.5 Å². The summed E-state index contributed by atoms with van der Waals surface area (Å²) in [5.41, 5.74) is -1.23. The molecule has 5 fully saturated rings. The molecule has 0 aromatic carbocycles. The molecule has 11 heteroatoms. The van der Waals surface area contributed by atoms with Crippen LogP contribution in [0.5, 0.6) is 0 Å². The van der Waals surface area contributed by atoms with E-state index in [2.05, 4.69) is 20.8 Å². The number of ether oxygens (including phenoxy) is 5. The maximum absolute atomic E-state index is 11.6. The number of hydrogen-bond donors (Lipinski definition) is 5. The van der Waals surface area contributed by atoms with Gasteiger partial charge in [-0.3, -0.25) is 4.79 Å². The van der Waals surface area contributed by atoms with Crippen LogP contribution in [0, 0.1) is 35.5 Å². The summed E-state index contributed by atoms with van der Waals surface area (Å²) in [4.78, 5) is 11.6. The molecule has 0 amide bonds. The quantitative estimate of drug-likeness (QED) is 0.264. The summed E-state index contributed by atoms with van der Waals surface area (Å²) in [7, 11) is 0. The van der Waals surface area contributed by atoms with Gasteiger partial charge in [-0.1, -0.05) is 34.6 Å². The maximum Gasteiger partial charge on any atom is 0.308 e. The number of aliphatic hydroxyl groups is 4. The van der Waals surface area contributed by atoms with Crippen molar-refractivity contribution in [2.75, 3.05) is 6.61 Å². The van der Waals surface area contributed by atoms with Gasteiger partial charge in [0.2, 0.25) is 0 Å². The Bertz CT molecular complexity index is 1070. The van der Waals surface area contributed by atoms with Crippen molar-refractivity contribution in [3.05, 3.63) is 0 Å². The van der Waals surface area contributed by atoms with Crippen molar-refractivity contribution < 1.29 is 54.0 Å². The van der Waals surface area contributed by atoms with E-state index in [1.165, 1.54) is 6.92 Å². The van der Waals surface area contributed by atoms with Gasteiger partial charge in [-0.15, -0.1) is 0 Å². The minimum absolute atomic E-state index is 0.170. The minimum atomic E-state index is -1.57. The summed E-state index contributed by atoms with van der Waals surface area (Å²) in [5.74, 6) is -5.31. The molecule has 0 bridgehead atoms. The number of carboxylic acids is 1. The molecule has 5 aliphatic heterocycles. The molecule has 0 aliphatic carbocycles. The van der Waals surface area contributed by atoms with Gasteiger partial charge in [-0.2, -0.15) is 0 Å². The Morgan fingerprint density at radius 2 is 1.64 bits per heavy atom. The Morgan fingerprint density at radius 3 is 2.29 bits per heavy atom. The van der Waals surface area contributed by atoms with E-state index in [1.807, 2.05) is 20.8 Å². The molecule has 1 unspecified atom stereocenters. The van der Waals surface area contributed by atoms with Crippen LogP contribution in [-0.4, -0.2) is 104 Å². The van der Waals surface area contributed by atoms with Crippen LogP contribution in [0.4, 0.5) is 0 Å². The first-order valence-electron chi connectivity index (χ1n) is 17.2. The highest BCUT2D eigenvalue weighted by molar-refractivity contribution is 5.70. The van der Waals surface area contributed by atoms with Crippen molar-refractivity contribution in [3.63, 3.8) is 0 Å². The molecule has 5 heterocycles. The second-order valence-corrected chi connectivity index (χ2v) is 16.0. The largest absolute Gasteiger partial charge is 0.481 e. The number of hydrogen-bond acceptors (Lipinski definition) is 10. The molecule has 0 radical (unpaired) electrons. The third kappa shape index (κ3) is 6.35. The Balaban J connectivity index is 1.25. The van der Waals surface area contributed by atoms with E-state index >= 15 is 0 Å². The lowest BCUT2D eigenvalue weighted by atomic mass is 9.78. The van der Waals surface area contributed by atoms with Gasteiger partial charge in [0.05, 0.1) is 66.5 Å². The van der Waals surface area contributed by atoms with Crippen molar-refractivity contribution in [2.45, 2.75) is 166 Å². The third-order valence-corrected chi connectivity index (χ3v) is 12.4. The van der Waals surface area contributed by atoms with Crippen LogP contribution in [0.25, 0.3) is 0 Å². The highest BCUT2D eigenvalue weighted by atomic mass is 16.7. The highest BCUT2D eigenvalue weighted by Gasteiger charge is 2.61. The average Bonchev–Trinajstić information content (AvgIpc) is 3.67. The zero-order chi connectivity index (χ0) is 33.3. The lowest BCUT2D eigenvalue weighted by molar-refractivity contribution is -0.335. The first-order valence-corrected chi connectivity index (χ1v) is 17.2. The van der Waals surface area contributed by atoms with Crippen LogP contribution in [-0.2, 0) is 28.5 Å². The van der Waals surface area contributed by atoms with E-state index < -0.39 is 65.5 Å². The van der Waals surface area contributed by atoms with Gasteiger partial charge in [0.25, 0.3) is 0 Å². The summed E-state index contributed by atoms with van der Waals surface area (Å²) < 4.78 is 33.1. The fourth-order valence-electron chi connectivity index (χ4n) is 9.23. The number of rotatable bonds is 8. The molecule has 0 aromatic heterocycles. The van der Waals surface area contributed by atoms with Crippen LogP contribution < -0.4 is 0 Å². The van der Waals surface area contributed by atoms with Crippen molar-refractivity contribution in [1.29, 1.82) is 0 Å². The van der Waals surface area contributed by atoms with Crippen molar-refractivity contribution in [3.8, 4) is 0 Å². The second kappa shape index (κ2) is 12.5. The van der Waals surface area contributed by atoms with Gasteiger partial charge >= 0.3 is 5.97 Å². The number of carbonyl (C=O) groups is 1. The predicted octanol–water partition coefficient (Wildman–Crippen LogP) is 3.23. The molecular formula is C34H58O11. The summed E-state index contributed by atoms with van der Waals surface area (Å²) in [5, 5.41) is 52.2. The molecule has 5 rings (SSSR count). The lowest BCUT2D eigenvalue weighted by Gasteiger charge is -2.48. The highest BCUT2D eigenvalue weighted by Crippen LogP contribution is 2.54. The molecule has 0 saturated carbocycles. The van der Waals surface area contributed by atoms with Gasteiger partial charge < -0.3 is 49.2 Å². The zero-order valence-electron chi connectivity index (χ0n) is 28.3. The summed E-state index contributed by atoms with van der Waals surface area (Å²) in [6.45, 7) is 15.0. The topological polar surface area (TPSA) is 164 Å². The smallest absolute Gasteiger partial charge is 0.308 e. The Morgan fingerprint density at radius 1 is 0.956 bits per heavy atom. The molecule has 5 N–H and O–H groups in total. The maximum atomic E-state index is 11.6. The molecule has 260 valence electrons. The Kier molecular flexibility index (Phi) is 9.86. The molecule has 5 aliphatic rings. The SMILES string of the molecule is C[C@@H]([C@@H](O)[C@H](C)C(=O)O)[C@H]1O[C@@]2(CC[C@@](C)([C@H]3CC[C@@](C)([C@@H]4OC([C@H]5O[C@@](O)(CO)[C@H](C)C[C@@H]5C)C[C@@H]4C)O3)O2)C[C@H](O)[C@H]1C. The average molecular weight is 643 g/mol. The fraction of sp³-hybridized carbons (Fsp3) is 0.971. The van der Waals surface area contributed by atoms with E-state index in [0.29, 0.717) is 19.3 Å². The molecule has 1 spiro atoms. The first-order chi connectivity index (χ1) is 20.9. The van der Waals surface area contributed by atoms with Gasteiger partial charge in [0, 0.05) is 30.6 Å². The molecule has 0 aromatic rings. The van der Waals surface area contributed by atoms with Gasteiger partial charge in [-0.05, 0) is 64.7 Å². The van der Waals surface area contributed by atoms with Crippen molar-refractivity contribution in [1.82, 2.24) is 0 Å². The fourth-order valence-corrected chi connectivity index (χ4v) is 9.23. The molecule has 5 saturated heterocycles. The minimum Gasteiger partial charge on any atom is -0.481 e. The van der Waals surface area contributed by atoms with Gasteiger partial charge in [-0.25, -0.2) is 0 Å². The van der Waals surface area contributed by atoms with Crippen LogP contribution >= 0.6 is 0 Å². The summed E-state index contributed by atoms with van der Waals surface area (Å²) >= 11 is 0. The summed E-state index contributed by atoms with van der Waals surface area (Å²) in [6.07, 6.45) is 1.18. The lowest BCUT2D eigenvalue weighted by Crippen LogP contribution is -2.56. The van der Waals surface area contributed by atoms with Crippen molar-refractivity contribution >= 4 is 5.97 Å². The van der Waals surface area contributed by atoms with E-state index in [1.54, 1.807) is 6.92 Å². The number of aliphatic carboxylic acids is 1. The van der Waals surface area contributed by atoms with Gasteiger partial charge in [0.15, 0.2) is 11.6 Å². The molecule has 17 atom stereocenters.